The van der Waals surface area contributed by atoms with E-state index in [0.717, 1.165) is 45.7 Å². The number of nitrogens with zero attached hydrogens (tertiary/aromatic N) is 2. The number of piperazine rings is 1. The molecule has 1 atom stereocenters. The lowest BCUT2D eigenvalue weighted by Gasteiger charge is -2.35. The Hall–Kier alpha value is -0.0300. The van der Waals surface area contributed by atoms with Crippen molar-refractivity contribution in [2.75, 3.05) is 45.8 Å². The zero-order chi connectivity index (χ0) is 11.4. The predicted octanol–water partition coefficient (Wildman–Crippen LogP) is 0.994. The molecule has 2 aliphatic heterocycles. The largest absolute Gasteiger partial charge is 0.340 e. The molecule has 2 heterocycles. The first kappa shape index (κ1) is 18.0. The fourth-order valence-corrected chi connectivity index (χ4v) is 2.63. The molecular weight excluding hydrogens is 273 g/mol. The van der Waals surface area contributed by atoms with E-state index in [1.54, 1.807) is 0 Å². The van der Waals surface area contributed by atoms with Gasteiger partial charge in [-0.1, -0.05) is 6.92 Å². The van der Waals surface area contributed by atoms with Gasteiger partial charge in [0.05, 0.1) is 5.92 Å². The van der Waals surface area contributed by atoms with E-state index in [0.29, 0.717) is 5.91 Å². The molecule has 2 rings (SSSR count). The molecule has 2 saturated heterocycles. The van der Waals surface area contributed by atoms with E-state index in [9.17, 15) is 4.79 Å². The van der Waals surface area contributed by atoms with Gasteiger partial charge < -0.3 is 10.2 Å². The lowest BCUT2D eigenvalue weighted by Crippen LogP contribution is -2.50. The van der Waals surface area contributed by atoms with Gasteiger partial charge in [-0.2, -0.15) is 0 Å². The first-order valence-corrected chi connectivity index (χ1v) is 6.53. The predicted molar refractivity (Wildman–Crippen MR) is 78.8 cm³/mol. The number of nitrogens with one attached hydrogen (secondary N) is 1. The van der Waals surface area contributed by atoms with Gasteiger partial charge in [0, 0.05) is 32.7 Å². The molecule has 4 nitrogen and oxygen atoms in total. The SMILES string of the molecule is CCCN1CCN(C(=O)C2CCNC2)CC1.Cl.Cl. The third kappa shape index (κ3) is 4.57. The molecule has 0 aliphatic carbocycles. The molecule has 0 aromatic carbocycles. The Morgan fingerprint density at radius 3 is 2.39 bits per heavy atom. The van der Waals surface area contributed by atoms with Crippen LogP contribution in [0.1, 0.15) is 19.8 Å². The Morgan fingerprint density at radius 1 is 1.22 bits per heavy atom. The summed E-state index contributed by atoms with van der Waals surface area (Å²) in [7, 11) is 0. The van der Waals surface area contributed by atoms with Crippen LogP contribution in [0, 0.1) is 5.92 Å². The minimum Gasteiger partial charge on any atom is -0.340 e. The molecule has 0 bridgehead atoms. The number of carbonyl (C=O) groups is 1. The van der Waals surface area contributed by atoms with E-state index in [1.165, 1.54) is 13.0 Å². The zero-order valence-corrected chi connectivity index (χ0v) is 12.7. The summed E-state index contributed by atoms with van der Waals surface area (Å²) in [6, 6.07) is 0. The first-order valence-electron chi connectivity index (χ1n) is 6.53. The smallest absolute Gasteiger partial charge is 0.227 e. The molecule has 1 unspecified atom stereocenters. The van der Waals surface area contributed by atoms with Crippen LogP contribution in [0.5, 0.6) is 0 Å². The van der Waals surface area contributed by atoms with Crippen molar-refractivity contribution in [1.82, 2.24) is 15.1 Å². The van der Waals surface area contributed by atoms with E-state index in [1.807, 2.05) is 0 Å². The van der Waals surface area contributed by atoms with Crippen LogP contribution in [0.15, 0.2) is 0 Å². The second-order valence-corrected chi connectivity index (χ2v) is 4.86. The van der Waals surface area contributed by atoms with Crippen LogP contribution in [0.4, 0.5) is 0 Å². The summed E-state index contributed by atoms with van der Waals surface area (Å²) < 4.78 is 0. The third-order valence-electron chi connectivity index (χ3n) is 3.63. The number of hydrogen-bond acceptors (Lipinski definition) is 3. The molecular formula is C12H25Cl2N3O. The Balaban J connectivity index is 0.00000144. The van der Waals surface area contributed by atoms with Gasteiger partial charge in [0.15, 0.2) is 0 Å². The quantitative estimate of drug-likeness (QED) is 0.844. The zero-order valence-electron chi connectivity index (χ0n) is 11.1. The molecule has 0 radical (unpaired) electrons. The minimum absolute atomic E-state index is 0. The number of halogens is 2. The lowest BCUT2D eigenvalue weighted by atomic mass is 10.1. The van der Waals surface area contributed by atoms with Crippen molar-refractivity contribution < 1.29 is 4.79 Å². The molecule has 0 spiro atoms. The van der Waals surface area contributed by atoms with Gasteiger partial charge in [-0.3, -0.25) is 9.69 Å². The lowest BCUT2D eigenvalue weighted by molar-refractivity contribution is -0.136. The number of carbonyl (C=O) groups excluding carboxylic acids is 1. The molecule has 2 fully saturated rings. The average molecular weight is 298 g/mol. The van der Waals surface area contributed by atoms with Gasteiger partial charge >= 0.3 is 0 Å². The number of amides is 1. The highest BCUT2D eigenvalue weighted by Crippen LogP contribution is 2.13. The van der Waals surface area contributed by atoms with Gasteiger partial charge in [0.1, 0.15) is 0 Å². The maximum absolute atomic E-state index is 12.1. The summed E-state index contributed by atoms with van der Waals surface area (Å²) in [5, 5.41) is 3.26. The molecule has 1 N–H and O–H groups in total. The highest BCUT2D eigenvalue weighted by molar-refractivity contribution is 5.85. The van der Waals surface area contributed by atoms with Crippen molar-refractivity contribution in [3.63, 3.8) is 0 Å². The molecule has 0 aromatic rings. The normalized spacial score (nSPS) is 24.3. The van der Waals surface area contributed by atoms with Crippen LogP contribution in [0.25, 0.3) is 0 Å². The van der Waals surface area contributed by atoms with Crippen molar-refractivity contribution in [3.05, 3.63) is 0 Å². The summed E-state index contributed by atoms with van der Waals surface area (Å²) in [6.07, 6.45) is 2.23. The number of rotatable bonds is 3. The monoisotopic (exact) mass is 297 g/mol. The summed E-state index contributed by atoms with van der Waals surface area (Å²) in [5.41, 5.74) is 0. The van der Waals surface area contributed by atoms with Crippen LogP contribution >= 0.6 is 24.8 Å². The molecule has 0 aromatic heterocycles. The van der Waals surface area contributed by atoms with Crippen molar-refractivity contribution in [2.24, 2.45) is 5.92 Å². The molecule has 6 heteroatoms. The van der Waals surface area contributed by atoms with Gasteiger partial charge in [0.2, 0.25) is 5.91 Å². The Morgan fingerprint density at radius 2 is 1.89 bits per heavy atom. The van der Waals surface area contributed by atoms with Crippen molar-refractivity contribution >= 4 is 30.7 Å². The minimum atomic E-state index is 0. The summed E-state index contributed by atoms with van der Waals surface area (Å²) >= 11 is 0. The fourth-order valence-electron chi connectivity index (χ4n) is 2.63. The van der Waals surface area contributed by atoms with E-state index in [2.05, 4.69) is 22.0 Å². The maximum atomic E-state index is 12.1. The van der Waals surface area contributed by atoms with E-state index in [4.69, 9.17) is 0 Å². The van der Waals surface area contributed by atoms with Crippen molar-refractivity contribution in [3.8, 4) is 0 Å². The highest BCUT2D eigenvalue weighted by Gasteiger charge is 2.28. The van der Waals surface area contributed by atoms with Crippen LogP contribution in [-0.4, -0.2) is 61.5 Å². The van der Waals surface area contributed by atoms with Crippen LogP contribution in [0.2, 0.25) is 0 Å². The molecule has 2 aliphatic rings. The van der Waals surface area contributed by atoms with Crippen molar-refractivity contribution in [2.45, 2.75) is 19.8 Å². The maximum Gasteiger partial charge on any atom is 0.227 e. The summed E-state index contributed by atoms with van der Waals surface area (Å²) in [4.78, 5) is 16.6. The molecule has 108 valence electrons. The summed E-state index contributed by atoms with van der Waals surface area (Å²) in [6.45, 7) is 9.24. The first-order chi connectivity index (χ1) is 7.81. The Bertz CT molecular complexity index is 239. The number of hydrogen-bond donors (Lipinski definition) is 1. The second kappa shape index (κ2) is 8.97. The van der Waals surface area contributed by atoms with E-state index < -0.39 is 0 Å². The van der Waals surface area contributed by atoms with Gasteiger partial charge in [-0.15, -0.1) is 24.8 Å². The standard InChI is InChI=1S/C12H23N3O.2ClH/c1-2-5-14-6-8-15(9-7-14)12(16)11-3-4-13-10-11;;/h11,13H,2-10H2,1H3;2*1H. The van der Waals surface area contributed by atoms with Crippen LogP contribution in [-0.2, 0) is 4.79 Å². The Labute approximate surface area is 122 Å². The third-order valence-corrected chi connectivity index (χ3v) is 3.63. The fraction of sp³-hybridized carbons (Fsp3) is 0.917. The van der Waals surface area contributed by atoms with Crippen LogP contribution < -0.4 is 5.32 Å². The highest BCUT2D eigenvalue weighted by atomic mass is 35.5. The van der Waals surface area contributed by atoms with E-state index >= 15 is 0 Å². The van der Waals surface area contributed by atoms with Crippen LogP contribution in [0.3, 0.4) is 0 Å². The second-order valence-electron chi connectivity index (χ2n) is 4.86. The van der Waals surface area contributed by atoms with Crippen molar-refractivity contribution in [1.29, 1.82) is 0 Å². The van der Waals surface area contributed by atoms with E-state index in [-0.39, 0.29) is 30.7 Å². The van der Waals surface area contributed by atoms with Gasteiger partial charge in [-0.05, 0) is 25.9 Å². The Kier molecular flexibility index (Phi) is 8.95. The average Bonchev–Trinajstić information content (AvgIpc) is 2.83. The molecule has 18 heavy (non-hydrogen) atoms. The molecule has 0 saturated carbocycles. The van der Waals surface area contributed by atoms with Gasteiger partial charge in [-0.25, -0.2) is 0 Å². The van der Waals surface area contributed by atoms with Gasteiger partial charge in [0.25, 0.3) is 0 Å². The summed E-state index contributed by atoms with van der Waals surface area (Å²) in [5.74, 6) is 0.624. The topological polar surface area (TPSA) is 35.6 Å². The molecule has 1 amide bonds.